The smallest absolute Gasteiger partial charge is 0.347 e. The van der Waals surface area contributed by atoms with E-state index in [1.807, 2.05) is 6.07 Å². The van der Waals surface area contributed by atoms with Crippen molar-refractivity contribution in [3.63, 3.8) is 0 Å². The Morgan fingerprint density at radius 2 is 2.10 bits per heavy atom. The molecular weight excluding hydrogens is 290 g/mol. The van der Waals surface area contributed by atoms with Crippen LogP contribution in [0.4, 0.5) is 0 Å². The number of ether oxygens (including phenoxy) is 2. The Bertz CT molecular complexity index is 691. The van der Waals surface area contributed by atoms with E-state index in [9.17, 15) is 9.90 Å². The van der Waals surface area contributed by atoms with Gasteiger partial charge in [0.2, 0.25) is 0 Å². The lowest BCUT2D eigenvalue weighted by Crippen LogP contribution is -1.97. The maximum Gasteiger partial charge on any atom is 0.347 e. The molecule has 2 aromatic rings. The summed E-state index contributed by atoms with van der Waals surface area (Å²) in [6.07, 6.45) is 2.03. The molecule has 1 aliphatic rings. The molecule has 0 bridgehead atoms. The predicted molar refractivity (Wildman–Crippen MR) is 79.6 cm³/mol. The van der Waals surface area contributed by atoms with Crippen LogP contribution in [0.5, 0.6) is 11.5 Å². The summed E-state index contributed by atoms with van der Waals surface area (Å²) in [7, 11) is 3.17. The minimum Gasteiger partial charge on any atom is -0.497 e. The Labute approximate surface area is 126 Å². The number of benzene rings is 1. The van der Waals surface area contributed by atoms with Crippen LogP contribution in [0.15, 0.2) is 18.2 Å². The van der Waals surface area contributed by atoms with Gasteiger partial charge in [0.15, 0.2) is 0 Å². The quantitative estimate of drug-likeness (QED) is 0.917. The largest absolute Gasteiger partial charge is 0.497 e. The van der Waals surface area contributed by atoms with Gasteiger partial charge in [-0.25, -0.2) is 9.78 Å². The summed E-state index contributed by atoms with van der Waals surface area (Å²) in [4.78, 5) is 16.3. The Morgan fingerprint density at radius 3 is 2.67 bits per heavy atom. The number of aromatic carboxylic acids is 1. The molecule has 0 atom stereocenters. The average molecular weight is 305 g/mol. The summed E-state index contributed by atoms with van der Waals surface area (Å²) in [6, 6.07) is 5.42. The lowest BCUT2D eigenvalue weighted by Gasteiger charge is -2.08. The highest BCUT2D eigenvalue weighted by atomic mass is 32.1. The molecule has 21 heavy (non-hydrogen) atoms. The number of carboxylic acid groups (broad SMARTS) is 1. The van der Waals surface area contributed by atoms with Crippen LogP contribution in [0.25, 0.3) is 10.6 Å². The molecule has 1 aromatic carbocycles. The van der Waals surface area contributed by atoms with Crippen molar-refractivity contribution in [3.05, 3.63) is 28.8 Å². The minimum atomic E-state index is -0.914. The van der Waals surface area contributed by atoms with E-state index >= 15 is 0 Å². The van der Waals surface area contributed by atoms with Gasteiger partial charge >= 0.3 is 5.97 Å². The van der Waals surface area contributed by atoms with E-state index in [0.717, 1.165) is 18.4 Å². The van der Waals surface area contributed by atoms with Crippen LogP contribution < -0.4 is 9.47 Å². The first-order valence-corrected chi connectivity index (χ1v) is 7.42. The van der Waals surface area contributed by atoms with E-state index in [0.29, 0.717) is 27.1 Å². The van der Waals surface area contributed by atoms with Crippen LogP contribution in [-0.4, -0.2) is 30.3 Å². The predicted octanol–water partition coefficient (Wildman–Crippen LogP) is 3.40. The van der Waals surface area contributed by atoms with Crippen LogP contribution in [0, 0.1) is 0 Å². The van der Waals surface area contributed by atoms with E-state index in [1.54, 1.807) is 26.4 Å². The average Bonchev–Trinajstić information content (AvgIpc) is 3.24. The Balaban J connectivity index is 2.11. The van der Waals surface area contributed by atoms with Crippen molar-refractivity contribution in [2.75, 3.05) is 14.2 Å². The zero-order valence-electron chi connectivity index (χ0n) is 11.8. The third kappa shape index (κ3) is 2.58. The van der Waals surface area contributed by atoms with Gasteiger partial charge in [-0.3, -0.25) is 0 Å². The fourth-order valence-corrected chi connectivity index (χ4v) is 3.23. The highest BCUT2D eigenvalue weighted by Gasteiger charge is 2.32. The van der Waals surface area contributed by atoms with Gasteiger partial charge in [-0.05, 0) is 31.0 Å². The molecule has 0 saturated heterocycles. The molecule has 1 heterocycles. The van der Waals surface area contributed by atoms with Crippen molar-refractivity contribution in [1.82, 2.24) is 4.98 Å². The molecule has 1 aromatic heterocycles. The number of thiazole rings is 1. The second kappa shape index (κ2) is 5.37. The van der Waals surface area contributed by atoms with E-state index in [1.165, 1.54) is 11.3 Å². The fourth-order valence-electron chi connectivity index (χ4n) is 2.22. The number of methoxy groups -OCH3 is 2. The Kier molecular flexibility index (Phi) is 3.55. The van der Waals surface area contributed by atoms with Crippen LogP contribution in [0.2, 0.25) is 0 Å². The number of carbonyl (C=O) groups is 1. The van der Waals surface area contributed by atoms with E-state index in [2.05, 4.69) is 4.98 Å². The topological polar surface area (TPSA) is 68.7 Å². The van der Waals surface area contributed by atoms with Crippen LogP contribution >= 0.6 is 11.3 Å². The van der Waals surface area contributed by atoms with Crippen LogP contribution in [-0.2, 0) is 0 Å². The second-order valence-corrected chi connectivity index (χ2v) is 5.88. The third-order valence-corrected chi connectivity index (χ3v) is 4.54. The molecule has 0 aliphatic heterocycles. The highest BCUT2D eigenvalue weighted by Crippen LogP contribution is 2.45. The molecule has 0 spiro atoms. The molecule has 5 nitrogen and oxygen atoms in total. The SMILES string of the molecule is COc1ccc(OC)c(-c2nc(C3CC3)c(C(=O)O)s2)c1. The van der Waals surface area contributed by atoms with Crippen molar-refractivity contribution < 1.29 is 19.4 Å². The number of hydrogen-bond donors (Lipinski definition) is 1. The number of carboxylic acids is 1. The maximum atomic E-state index is 11.4. The summed E-state index contributed by atoms with van der Waals surface area (Å²) in [5.41, 5.74) is 1.46. The molecule has 0 amide bonds. The van der Waals surface area contributed by atoms with Crippen LogP contribution in [0.1, 0.15) is 34.1 Å². The molecule has 0 radical (unpaired) electrons. The highest BCUT2D eigenvalue weighted by molar-refractivity contribution is 7.17. The number of nitrogens with zero attached hydrogens (tertiary/aromatic N) is 1. The lowest BCUT2D eigenvalue weighted by molar-refractivity contribution is 0.0700. The van der Waals surface area contributed by atoms with E-state index in [-0.39, 0.29) is 5.92 Å². The molecule has 1 N–H and O–H groups in total. The van der Waals surface area contributed by atoms with Gasteiger partial charge in [0.05, 0.1) is 25.5 Å². The summed E-state index contributed by atoms with van der Waals surface area (Å²) < 4.78 is 10.6. The fraction of sp³-hybridized carbons (Fsp3) is 0.333. The zero-order chi connectivity index (χ0) is 15.0. The molecular formula is C15H15NO4S. The first-order valence-electron chi connectivity index (χ1n) is 6.60. The molecule has 3 rings (SSSR count). The molecule has 0 unspecified atom stereocenters. The molecule has 1 saturated carbocycles. The second-order valence-electron chi connectivity index (χ2n) is 4.88. The summed E-state index contributed by atoms with van der Waals surface area (Å²) in [5, 5.41) is 10.0. The van der Waals surface area contributed by atoms with E-state index in [4.69, 9.17) is 9.47 Å². The van der Waals surface area contributed by atoms with Gasteiger partial charge in [0, 0.05) is 5.92 Å². The first-order chi connectivity index (χ1) is 10.1. The summed E-state index contributed by atoms with van der Waals surface area (Å²) in [5.74, 6) is 0.717. The van der Waals surface area contributed by atoms with Crippen LogP contribution in [0.3, 0.4) is 0 Å². The van der Waals surface area contributed by atoms with Crippen molar-refractivity contribution in [2.24, 2.45) is 0 Å². The summed E-state index contributed by atoms with van der Waals surface area (Å²) in [6.45, 7) is 0. The number of hydrogen-bond acceptors (Lipinski definition) is 5. The molecule has 1 aliphatic carbocycles. The van der Waals surface area contributed by atoms with Gasteiger partial charge in [0.25, 0.3) is 0 Å². The van der Waals surface area contributed by atoms with Gasteiger partial charge in [0.1, 0.15) is 21.4 Å². The van der Waals surface area contributed by atoms with Crippen molar-refractivity contribution in [3.8, 4) is 22.1 Å². The summed E-state index contributed by atoms with van der Waals surface area (Å²) >= 11 is 1.19. The normalized spacial score (nSPS) is 14.0. The lowest BCUT2D eigenvalue weighted by atomic mass is 10.2. The molecule has 6 heteroatoms. The van der Waals surface area contributed by atoms with E-state index < -0.39 is 5.97 Å². The maximum absolute atomic E-state index is 11.4. The zero-order valence-corrected chi connectivity index (χ0v) is 12.6. The Morgan fingerprint density at radius 1 is 1.33 bits per heavy atom. The van der Waals surface area contributed by atoms with Gasteiger partial charge in [-0.15, -0.1) is 11.3 Å². The molecule has 110 valence electrons. The number of aromatic nitrogens is 1. The standard InChI is InChI=1S/C15H15NO4S/c1-19-9-5-6-11(20-2)10(7-9)14-16-12(8-3-4-8)13(21-14)15(17)18/h5-8H,3-4H2,1-2H3,(H,17,18). The minimum absolute atomic E-state index is 0.290. The van der Waals surface area contributed by atoms with Gasteiger partial charge in [-0.1, -0.05) is 0 Å². The van der Waals surface area contributed by atoms with Gasteiger partial charge in [-0.2, -0.15) is 0 Å². The number of rotatable bonds is 5. The third-order valence-electron chi connectivity index (χ3n) is 3.45. The van der Waals surface area contributed by atoms with Gasteiger partial charge < -0.3 is 14.6 Å². The van der Waals surface area contributed by atoms with Crippen molar-refractivity contribution in [1.29, 1.82) is 0 Å². The monoisotopic (exact) mass is 305 g/mol. The first kappa shape index (κ1) is 13.9. The van der Waals surface area contributed by atoms with Crippen molar-refractivity contribution in [2.45, 2.75) is 18.8 Å². The van der Waals surface area contributed by atoms with Crippen molar-refractivity contribution >= 4 is 17.3 Å². The Hall–Kier alpha value is -2.08. The molecule has 1 fully saturated rings.